The van der Waals surface area contributed by atoms with Gasteiger partial charge < -0.3 is 45.0 Å². The minimum absolute atomic E-state index is 0.00469. The normalized spacial score (nSPS) is 22.9. The van der Waals surface area contributed by atoms with Crippen LogP contribution < -0.4 is 0 Å². The number of phosphoric ester groups is 1. The van der Waals surface area contributed by atoms with E-state index in [2.05, 4.69) is 49.5 Å². The summed E-state index contributed by atoms with van der Waals surface area (Å²) in [5.41, 5.74) is 0. The average Bonchev–Trinajstić information content (AvgIpc) is 3.25. The summed E-state index contributed by atoms with van der Waals surface area (Å²) in [5, 5.41) is 59.7. The second kappa shape index (κ2) is 36.8. The lowest BCUT2D eigenvalue weighted by atomic mass is 9.85. The van der Waals surface area contributed by atoms with Crippen LogP contribution in [0.3, 0.4) is 0 Å². The highest BCUT2D eigenvalue weighted by atomic mass is 31.2. The second-order valence-electron chi connectivity index (χ2n) is 16.0. The quantitative estimate of drug-likeness (QED) is 0.0136. The summed E-state index contributed by atoms with van der Waals surface area (Å²) in [6.07, 6.45) is 27.9. The first kappa shape index (κ1) is 57.5. The molecule has 9 atom stereocenters. The molecule has 0 radical (unpaired) electrons. The summed E-state index contributed by atoms with van der Waals surface area (Å²) in [7, 11) is -5.14. The van der Waals surface area contributed by atoms with Crippen molar-refractivity contribution in [3.63, 3.8) is 0 Å². The number of phosphoric acid groups is 1. The van der Waals surface area contributed by atoms with Gasteiger partial charge in [-0.1, -0.05) is 126 Å². The van der Waals surface area contributed by atoms with Gasteiger partial charge in [-0.2, -0.15) is 0 Å². The Kier molecular flexibility index (Phi) is 34.2. The van der Waals surface area contributed by atoms with Crippen LogP contribution in [0.25, 0.3) is 0 Å². The molecule has 1 saturated carbocycles. The van der Waals surface area contributed by atoms with E-state index in [1.54, 1.807) is 0 Å². The molecule has 0 aromatic rings. The van der Waals surface area contributed by atoms with Gasteiger partial charge in [-0.05, 0) is 83.5 Å². The van der Waals surface area contributed by atoms with E-state index in [4.69, 9.17) is 18.5 Å². The summed E-state index contributed by atoms with van der Waals surface area (Å²) >= 11 is 0. The molecule has 358 valence electrons. The van der Waals surface area contributed by atoms with Crippen molar-refractivity contribution in [1.29, 1.82) is 0 Å². The van der Waals surface area contributed by atoms with E-state index in [-0.39, 0.29) is 18.9 Å². The van der Waals surface area contributed by atoms with Crippen molar-refractivity contribution in [3.05, 3.63) is 60.8 Å². The van der Waals surface area contributed by atoms with Crippen molar-refractivity contribution in [2.24, 2.45) is 0 Å². The summed E-state index contributed by atoms with van der Waals surface area (Å²) in [4.78, 5) is 35.7. The van der Waals surface area contributed by atoms with Crippen molar-refractivity contribution >= 4 is 19.8 Å². The van der Waals surface area contributed by atoms with Crippen molar-refractivity contribution < 1.29 is 68.2 Å². The summed E-state index contributed by atoms with van der Waals surface area (Å²) < 4.78 is 33.4. The van der Waals surface area contributed by atoms with E-state index < -0.39 is 75.7 Å². The molecule has 0 aliphatic heterocycles. The Balaban J connectivity index is 2.52. The number of hydrogen-bond acceptors (Lipinski definition) is 13. The third-order valence-electron chi connectivity index (χ3n) is 10.5. The molecule has 0 aromatic carbocycles. The zero-order chi connectivity index (χ0) is 45.9. The molecule has 1 aliphatic carbocycles. The first-order chi connectivity index (χ1) is 29.8. The molecule has 15 heteroatoms. The lowest BCUT2D eigenvalue weighted by Crippen LogP contribution is -2.64. The third-order valence-corrected chi connectivity index (χ3v) is 11.5. The molecular formula is C47H81O14P. The van der Waals surface area contributed by atoms with Gasteiger partial charge >= 0.3 is 19.8 Å². The molecule has 7 N–H and O–H groups in total. The van der Waals surface area contributed by atoms with E-state index in [0.29, 0.717) is 19.3 Å². The summed E-state index contributed by atoms with van der Waals surface area (Å²) in [6, 6.07) is 0. The highest BCUT2D eigenvalue weighted by Crippen LogP contribution is 2.47. The van der Waals surface area contributed by atoms with Crippen molar-refractivity contribution in [2.45, 2.75) is 210 Å². The third kappa shape index (κ3) is 29.1. The molecule has 0 aromatic heterocycles. The van der Waals surface area contributed by atoms with E-state index in [1.807, 2.05) is 25.2 Å². The highest BCUT2D eigenvalue weighted by molar-refractivity contribution is 7.47. The van der Waals surface area contributed by atoms with E-state index in [1.165, 1.54) is 38.5 Å². The summed E-state index contributed by atoms with van der Waals surface area (Å²) in [6.45, 7) is 2.95. The zero-order valence-corrected chi connectivity index (χ0v) is 38.4. The fourth-order valence-corrected chi connectivity index (χ4v) is 7.52. The maximum absolute atomic E-state index is 12.8. The second-order valence-corrected chi connectivity index (χ2v) is 17.4. The van der Waals surface area contributed by atoms with Gasteiger partial charge in [0.1, 0.15) is 43.2 Å². The molecule has 0 saturated heterocycles. The Morgan fingerprint density at radius 3 is 1.58 bits per heavy atom. The van der Waals surface area contributed by atoms with Crippen LogP contribution in [0.2, 0.25) is 0 Å². The van der Waals surface area contributed by atoms with Crippen LogP contribution in [-0.2, 0) is 32.7 Å². The van der Waals surface area contributed by atoms with Crippen LogP contribution >= 0.6 is 7.82 Å². The Bertz CT molecular complexity index is 1330. The van der Waals surface area contributed by atoms with Gasteiger partial charge in [-0.3, -0.25) is 18.6 Å². The topological polar surface area (TPSA) is 230 Å². The van der Waals surface area contributed by atoms with E-state index in [9.17, 15) is 49.7 Å². The molecule has 0 spiro atoms. The van der Waals surface area contributed by atoms with Gasteiger partial charge in [0.2, 0.25) is 0 Å². The number of unbranched alkanes of at least 4 members (excludes halogenated alkanes) is 12. The first-order valence-corrected chi connectivity index (χ1v) is 24.7. The molecule has 0 amide bonds. The standard InChI is InChI=1S/C47H81O14P/c1-3-5-6-7-8-9-10-11-12-16-19-22-25-28-31-34-40(49)58-36-39(37-59-62(56,57)61-47-45(54)43(52)42(51)44(53)46(47)55)60-41(50)35-32-29-26-23-20-17-14-13-15-18-21-24-27-30-33-38(48)4-2/h9-10,14-15,17-18,23-24,26-27,38-39,42-48,51-55H,3-8,11-13,16,19-22,25,28-37H2,1-2H3,(H,56,57)/b10-9-,17-14-,18-15-,26-23-,27-24-/t38-,39-,42?,43-,44+,45-,46-,47?/m1/s1. The molecule has 1 rings (SSSR count). The minimum atomic E-state index is -5.14. The Labute approximate surface area is 371 Å². The lowest BCUT2D eigenvalue weighted by Gasteiger charge is -2.41. The molecule has 14 nitrogen and oxygen atoms in total. The maximum atomic E-state index is 12.8. The van der Waals surface area contributed by atoms with Gasteiger partial charge in [0, 0.05) is 12.8 Å². The Hall–Kier alpha value is -2.49. The predicted octanol–water partition coefficient (Wildman–Crippen LogP) is 7.92. The van der Waals surface area contributed by atoms with Crippen molar-refractivity contribution in [2.75, 3.05) is 13.2 Å². The predicted molar refractivity (Wildman–Crippen MR) is 241 cm³/mol. The molecule has 0 bridgehead atoms. The summed E-state index contributed by atoms with van der Waals surface area (Å²) in [5.74, 6) is -1.19. The minimum Gasteiger partial charge on any atom is -0.462 e. The average molecular weight is 901 g/mol. The van der Waals surface area contributed by atoms with Crippen molar-refractivity contribution in [3.8, 4) is 0 Å². The van der Waals surface area contributed by atoms with Crippen LogP contribution in [0.5, 0.6) is 0 Å². The van der Waals surface area contributed by atoms with Crippen LogP contribution in [0.1, 0.15) is 162 Å². The smallest absolute Gasteiger partial charge is 0.462 e. The van der Waals surface area contributed by atoms with Gasteiger partial charge in [-0.25, -0.2) is 4.57 Å². The van der Waals surface area contributed by atoms with Gasteiger partial charge in [0.25, 0.3) is 0 Å². The number of ether oxygens (including phenoxy) is 2. The van der Waals surface area contributed by atoms with Crippen LogP contribution in [0, 0.1) is 0 Å². The van der Waals surface area contributed by atoms with Crippen LogP contribution in [0.4, 0.5) is 0 Å². The molecule has 1 aliphatic rings. The van der Waals surface area contributed by atoms with Crippen molar-refractivity contribution in [1.82, 2.24) is 0 Å². The highest BCUT2D eigenvalue weighted by Gasteiger charge is 2.51. The number of hydrogen-bond donors (Lipinski definition) is 7. The fraction of sp³-hybridized carbons (Fsp3) is 0.745. The fourth-order valence-electron chi connectivity index (χ4n) is 6.55. The monoisotopic (exact) mass is 901 g/mol. The van der Waals surface area contributed by atoms with Gasteiger partial charge in [-0.15, -0.1) is 0 Å². The Morgan fingerprint density at radius 1 is 0.565 bits per heavy atom. The molecule has 0 heterocycles. The van der Waals surface area contributed by atoms with Gasteiger partial charge in [0.15, 0.2) is 6.10 Å². The number of aliphatic hydroxyl groups is 6. The SMILES string of the molecule is CCCCCC/C=C\CCCCCCCCCC(=O)OC[C@H](COP(=O)(O)OC1[C@H](O)[C@H](O)C(O)[C@H](O)[C@H]1O)OC(=O)CCC/C=C\C/C=C\C/C=C\C/C=C\CC[C@H](O)CC. The Morgan fingerprint density at radius 2 is 1.02 bits per heavy atom. The van der Waals surface area contributed by atoms with Gasteiger partial charge in [0.05, 0.1) is 12.7 Å². The number of aliphatic hydroxyl groups excluding tert-OH is 6. The number of rotatable bonds is 37. The zero-order valence-electron chi connectivity index (χ0n) is 37.5. The van der Waals surface area contributed by atoms with Crippen LogP contribution in [0.15, 0.2) is 60.8 Å². The number of carbonyl (C=O) groups excluding carboxylic acids is 2. The largest absolute Gasteiger partial charge is 0.472 e. The lowest BCUT2D eigenvalue weighted by molar-refractivity contribution is -0.220. The number of allylic oxidation sites excluding steroid dienone is 10. The van der Waals surface area contributed by atoms with Crippen LogP contribution in [-0.4, -0.2) is 110 Å². The van der Waals surface area contributed by atoms with E-state index in [0.717, 1.165) is 77.0 Å². The molecular weight excluding hydrogens is 819 g/mol. The molecule has 1 fully saturated rings. The molecule has 62 heavy (non-hydrogen) atoms. The first-order valence-electron chi connectivity index (χ1n) is 23.2. The molecule has 3 unspecified atom stereocenters. The maximum Gasteiger partial charge on any atom is 0.472 e. The number of carbonyl (C=O) groups is 2. The van der Waals surface area contributed by atoms with E-state index >= 15 is 0 Å². The number of esters is 2.